The second kappa shape index (κ2) is 8.75. The molecule has 0 saturated carbocycles. The molecule has 10 heteroatoms. The number of imidazole rings is 1. The summed E-state index contributed by atoms with van der Waals surface area (Å²) in [7, 11) is 0. The number of hydrogen-bond acceptors (Lipinski definition) is 6. The number of amides is 1. The highest BCUT2D eigenvalue weighted by atomic mass is 79.9. The average Bonchev–Trinajstić information content (AvgIpc) is 3.40. The van der Waals surface area contributed by atoms with Crippen LogP contribution in [0.1, 0.15) is 28.6 Å². The molecule has 8 nitrogen and oxygen atoms in total. The van der Waals surface area contributed by atoms with E-state index in [1.807, 2.05) is 36.6 Å². The van der Waals surface area contributed by atoms with Crippen molar-refractivity contribution in [2.24, 2.45) is 0 Å². The number of aromatic nitrogens is 6. The van der Waals surface area contributed by atoms with Crippen molar-refractivity contribution >= 4 is 44.6 Å². The van der Waals surface area contributed by atoms with Crippen LogP contribution in [0.2, 0.25) is 0 Å². The minimum atomic E-state index is -0.247. The Morgan fingerprint density at radius 3 is 2.93 bits per heavy atom. The number of nitrogens with zero attached hydrogens (tertiary/aromatic N) is 5. The lowest BCUT2D eigenvalue weighted by Gasteiger charge is -2.17. The first kappa shape index (κ1) is 19.6. The van der Waals surface area contributed by atoms with E-state index < -0.39 is 0 Å². The Morgan fingerprint density at radius 2 is 2.17 bits per heavy atom. The summed E-state index contributed by atoms with van der Waals surface area (Å²) in [6.45, 7) is 0. The van der Waals surface area contributed by atoms with Crippen LogP contribution in [0.5, 0.6) is 0 Å². The van der Waals surface area contributed by atoms with Crippen LogP contribution < -0.4 is 5.32 Å². The Labute approximate surface area is 179 Å². The van der Waals surface area contributed by atoms with Gasteiger partial charge in [-0.15, -0.1) is 5.10 Å². The number of hydrogen-bond donors (Lipinski definition) is 2. The van der Waals surface area contributed by atoms with Crippen molar-refractivity contribution in [1.82, 2.24) is 35.5 Å². The second-order valence-corrected chi connectivity index (χ2v) is 8.26. The van der Waals surface area contributed by atoms with Crippen molar-refractivity contribution in [2.45, 2.75) is 12.5 Å². The number of tetrazole rings is 1. The van der Waals surface area contributed by atoms with Gasteiger partial charge in [-0.05, 0) is 59.2 Å². The fourth-order valence-corrected chi connectivity index (χ4v) is 3.88. The Morgan fingerprint density at radius 1 is 1.31 bits per heavy atom. The Balaban J connectivity index is 1.66. The van der Waals surface area contributed by atoms with Gasteiger partial charge in [0.05, 0.1) is 28.3 Å². The topological polar surface area (TPSA) is 101 Å². The molecule has 4 aromatic rings. The summed E-state index contributed by atoms with van der Waals surface area (Å²) in [5.41, 5.74) is 2.89. The van der Waals surface area contributed by atoms with E-state index in [-0.39, 0.29) is 11.9 Å². The zero-order valence-electron chi connectivity index (χ0n) is 15.5. The van der Waals surface area contributed by atoms with Crippen molar-refractivity contribution in [2.75, 3.05) is 12.0 Å². The van der Waals surface area contributed by atoms with Gasteiger partial charge in [0.15, 0.2) is 0 Å². The largest absolute Gasteiger partial charge is 0.342 e. The smallest absolute Gasteiger partial charge is 0.254 e. The van der Waals surface area contributed by atoms with Crippen molar-refractivity contribution in [1.29, 1.82) is 0 Å². The molecule has 2 aromatic carbocycles. The standard InChI is InChI=1S/C19H18BrN7OS/c1-29-9-8-16(18-22-14-4-2-3-5-15(14)23-18)24-19(28)13-10-12(20)6-7-17(13)27-11-21-25-26-27/h2-7,10-11,16H,8-9H2,1H3,(H,22,23)(H,24,28)/t16-/m0/s1. The van der Waals surface area contributed by atoms with Gasteiger partial charge in [-0.2, -0.15) is 16.4 Å². The van der Waals surface area contributed by atoms with Crippen molar-refractivity contribution in [3.8, 4) is 5.69 Å². The Hall–Kier alpha value is -2.72. The number of para-hydroxylation sites is 2. The number of nitrogens with one attached hydrogen (secondary N) is 2. The first-order chi connectivity index (χ1) is 14.2. The van der Waals surface area contributed by atoms with Crippen LogP contribution in [0.15, 0.2) is 53.3 Å². The number of benzene rings is 2. The van der Waals surface area contributed by atoms with Crippen LogP contribution in [0, 0.1) is 0 Å². The first-order valence-electron chi connectivity index (χ1n) is 8.93. The Bertz CT molecular complexity index is 1100. The zero-order valence-corrected chi connectivity index (χ0v) is 17.9. The number of aromatic amines is 1. The molecule has 0 aliphatic rings. The third kappa shape index (κ3) is 4.33. The molecule has 0 saturated heterocycles. The third-order valence-corrected chi connectivity index (χ3v) is 5.59. The number of carbonyl (C=O) groups excluding carboxylic acids is 1. The lowest BCUT2D eigenvalue weighted by molar-refractivity contribution is 0.0934. The maximum absolute atomic E-state index is 13.2. The first-order valence-corrected chi connectivity index (χ1v) is 11.1. The zero-order chi connectivity index (χ0) is 20.2. The molecule has 0 spiro atoms. The number of halogens is 1. The van der Waals surface area contributed by atoms with Gasteiger partial charge in [-0.1, -0.05) is 28.1 Å². The molecular weight excluding hydrogens is 454 g/mol. The van der Waals surface area contributed by atoms with Crippen LogP contribution in [0.3, 0.4) is 0 Å². The summed E-state index contributed by atoms with van der Waals surface area (Å²) in [4.78, 5) is 21.2. The summed E-state index contributed by atoms with van der Waals surface area (Å²) in [6, 6.07) is 13.0. The number of rotatable bonds is 7. The molecule has 0 fully saturated rings. The molecular formula is C19H18BrN7OS. The van der Waals surface area contributed by atoms with E-state index in [1.54, 1.807) is 23.9 Å². The van der Waals surface area contributed by atoms with E-state index in [9.17, 15) is 4.79 Å². The third-order valence-electron chi connectivity index (χ3n) is 4.45. The number of fused-ring (bicyclic) bond motifs is 1. The molecule has 0 radical (unpaired) electrons. The molecule has 4 rings (SSSR count). The van der Waals surface area contributed by atoms with Gasteiger partial charge in [-0.25, -0.2) is 4.98 Å². The fourth-order valence-electron chi connectivity index (χ4n) is 3.05. The van der Waals surface area contributed by atoms with E-state index in [4.69, 9.17) is 0 Å². The van der Waals surface area contributed by atoms with Crippen LogP contribution in [-0.2, 0) is 0 Å². The lowest BCUT2D eigenvalue weighted by Crippen LogP contribution is -2.30. The highest BCUT2D eigenvalue weighted by Gasteiger charge is 2.22. The maximum Gasteiger partial charge on any atom is 0.254 e. The van der Waals surface area contributed by atoms with Crippen LogP contribution >= 0.6 is 27.7 Å². The predicted octanol–water partition coefficient (Wildman–Crippen LogP) is 3.53. The van der Waals surface area contributed by atoms with Crippen molar-refractivity contribution in [3.63, 3.8) is 0 Å². The minimum Gasteiger partial charge on any atom is -0.342 e. The normalized spacial score (nSPS) is 12.2. The number of thioether (sulfide) groups is 1. The summed E-state index contributed by atoms with van der Waals surface area (Å²) in [6.07, 6.45) is 4.26. The fraction of sp³-hybridized carbons (Fsp3) is 0.211. The molecule has 0 aliphatic carbocycles. The second-order valence-electron chi connectivity index (χ2n) is 6.36. The predicted molar refractivity (Wildman–Crippen MR) is 116 cm³/mol. The lowest BCUT2D eigenvalue weighted by atomic mass is 10.1. The molecule has 2 N–H and O–H groups in total. The highest BCUT2D eigenvalue weighted by Crippen LogP contribution is 2.23. The monoisotopic (exact) mass is 471 g/mol. The summed E-state index contributed by atoms with van der Waals surface area (Å²) in [5.74, 6) is 1.41. The van der Waals surface area contributed by atoms with E-state index >= 15 is 0 Å². The van der Waals surface area contributed by atoms with Gasteiger partial charge in [0.1, 0.15) is 12.2 Å². The summed E-state index contributed by atoms with van der Waals surface area (Å²) < 4.78 is 2.27. The van der Waals surface area contributed by atoms with Crippen molar-refractivity contribution < 1.29 is 4.79 Å². The molecule has 148 valence electrons. The molecule has 0 bridgehead atoms. The SMILES string of the molecule is CSCC[C@H](NC(=O)c1cc(Br)ccc1-n1cnnn1)c1nc2ccccc2[nH]1. The van der Waals surface area contributed by atoms with E-state index in [0.29, 0.717) is 11.3 Å². The molecule has 29 heavy (non-hydrogen) atoms. The summed E-state index contributed by atoms with van der Waals surface area (Å²) >= 11 is 5.17. The Kier molecular flexibility index (Phi) is 5.91. The van der Waals surface area contributed by atoms with Gasteiger partial charge in [0.2, 0.25) is 0 Å². The minimum absolute atomic E-state index is 0.219. The van der Waals surface area contributed by atoms with Gasteiger partial charge in [0.25, 0.3) is 5.91 Å². The quantitative estimate of drug-likeness (QED) is 0.427. The molecule has 2 aromatic heterocycles. The highest BCUT2D eigenvalue weighted by molar-refractivity contribution is 9.10. The summed E-state index contributed by atoms with van der Waals surface area (Å²) in [5, 5.41) is 14.4. The number of carbonyl (C=O) groups is 1. The van der Waals surface area contributed by atoms with E-state index in [2.05, 4.69) is 46.7 Å². The molecule has 0 unspecified atom stereocenters. The van der Waals surface area contributed by atoms with E-state index in [1.165, 1.54) is 11.0 Å². The molecule has 1 atom stereocenters. The molecule has 1 amide bonds. The van der Waals surface area contributed by atoms with E-state index in [0.717, 1.165) is 33.5 Å². The van der Waals surface area contributed by atoms with Crippen LogP contribution in [-0.4, -0.2) is 48.1 Å². The van der Waals surface area contributed by atoms with Crippen molar-refractivity contribution in [3.05, 3.63) is 64.7 Å². The van der Waals surface area contributed by atoms with Gasteiger partial charge >= 0.3 is 0 Å². The van der Waals surface area contributed by atoms with Gasteiger partial charge in [-0.3, -0.25) is 4.79 Å². The van der Waals surface area contributed by atoms with Crippen LogP contribution in [0.25, 0.3) is 16.7 Å². The van der Waals surface area contributed by atoms with Crippen LogP contribution in [0.4, 0.5) is 0 Å². The average molecular weight is 472 g/mol. The van der Waals surface area contributed by atoms with Gasteiger partial charge < -0.3 is 10.3 Å². The van der Waals surface area contributed by atoms with Gasteiger partial charge in [0, 0.05) is 4.47 Å². The molecule has 0 aliphatic heterocycles. The number of H-pyrrole nitrogens is 1. The molecule has 2 heterocycles. The maximum atomic E-state index is 13.2.